The van der Waals surface area contributed by atoms with Crippen LogP contribution in [-0.4, -0.2) is 17.5 Å². The van der Waals surface area contributed by atoms with Gasteiger partial charge in [0.25, 0.3) is 0 Å². The van der Waals surface area contributed by atoms with Crippen molar-refractivity contribution < 1.29 is 0 Å². The largest absolute Gasteiger partial charge is 0.307 e. The molecule has 0 heterocycles. The van der Waals surface area contributed by atoms with Crippen molar-refractivity contribution in [3.63, 3.8) is 0 Å². The zero-order valence-electron chi connectivity index (χ0n) is 8.08. The Morgan fingerprint density at radius 2 is 2.00 bits per heavy atom. The Hall–Kier alpha value is -0.710. The van der Waals surface area contributed by atoms with Gasteiger partial charge in [0.1, 0.15) is 0 Å². The highest BCUT2D eigenvalue weighted by Gasteiger charge is 2.21. The van der Waals surface area contributed by atoms with Gasteiger partial charge in [-0.05, 0) is 18.8 Å². The smallest absolute Gasteiger partial charge is 0.179 e. The molecule has 0 bridgehead atoms. The lowest BCUT2D eigenvalue weighted by atomic mass is 10.1. The van der Waals surface area contributed by atoms with Crippen LogP contribution < -0.4 is 0 Å². The predicted octanol–water partition coefficient (Wildman–Crippen LogP) is 2.37. The molecule has 1 aliphatic rings. The molecule has 0 aromatic heterocycles. The molecule has 0 saturated heterocycles. The van der Waals surface area contributed by atoms with Crippen LogP contribution in [0, 0.1) is 17.4 Å². The number of nitrogens with zero attached hydrogens (tertiary/aromatic N) is 2. The second-order valence-corrected chi connectivity index (χ2v) is 4.08. The van der Waals surface area contributed by atoms with Gasteiger partial charge in [-0.2, -0.15) is 5.26 Å². The van der Waals surface area contributed by atoms with E-state index in [4.69, 9.17) is 5.26 Å². The van der Waals surface area contributed by atoms with E-state index in [0.717, 1.165) is 6.54 Å². The maximum absolute atomic E-state index is 8.91. The fourth-order valence-corrected chi connectivity index (χ4v) is 1.88. The number of hydrogen-bond acceptors (Lipinski definition) is 2. The molecular weight excluding hydrogens is 148 g/mol. The van der Waals surface area contributed by atoms with Gasteiger partial charge in [-0.15, -0.1) is 0 Å². The van der Waals surface area contributed by atoms with E-state index in [1.807, 2.05) is 4.90 Å². The van der Waals surface area contributed by atoms with E-state index in [2.05, 4.69) is 20.0 Å². The molecule has 2 nitrogen and oxygen atoms in total. The lowest BCUT2D eigenvalue weighted by Crippen LogP contribution is -2.31. The first-order chi connectivity index (χ1) is 5.74. The van der Waals surface area contributed by atoms with Crippen molar-refractivity contribution in [1.29, 1.82) is 5.26 Å². The minimum Gasteiger partial charge on any atom is -0.307 e. The molecule has 0 amide bonds. The third-order valence-electron chi connectivity index (χ3n) is 2.46. The highest BCUT2D eigenvalue weighted by Crippen LogP contribution is 2.23. The maximum Gasteiger partial charge on any atom is 0.179 e. The van der Waals surface area contributed by atoms with Gasteiger partial charge in [0.05, 0.1) is 0 Å². The van der Waals surface area contributed by atoms with Crippen LogP contribution in [0.2, 0.25) is 0 Å². The molecule has 0 aromatic carbocycles. The third kappa shape index (κ3) is 2.41. The van der Waals surface area contributed by atoms with Crippen LogP contribution in [0.5, 0.6) is 0 Å². The Labute approximate surface area is 75.2 Å². The van der Waals surface area contributed by atoms with Gasteiger partial charge in [0, 0.05) is 12.6 Å². The molecule has 2 heteroatoms. The molecule has 68 valence electrons. The highest BCUT2D eigenvalue weighted by atomic mass is 15.1. The van der Waals surface area contributed by atoms with Crippen LogP contribution in [0.4, 0.5) is 0 Å². The van der Waals surface area contributed by atoms with Gasteiger partial charge in [-0.1, -0.05) is 26.7 Å². The SMILES string of the molecule is CC(C)CN(C#N)C1CCCC1. The van der Waals surface area contributed by atoms with Crippen molar-refractivity contribution in [2.75, 3.05) is 6.54 Å². The Morgan fingerprint density at radius 1 is 1.42 bits per heavy atom. The van der Waals surface area contributed by atoms with Crippen LogP contribution >= 0.6 is 0 Å². The summed E-state index contributed by atoms with van der Waals surface area (Å²) >= 11 is 0. The predicted molar refractivity (Wildman–Crippen MR) is 49.4 cm³/mol. The van der Waals surface area contributed by atoms with Gasteiger partial charge in [0.2, 0.25) is 0 Å². The van der Waals surface area contributed by atoms with Gasteiger partial charge in [0.15, 0.2) is 6.19 Å². The quantitative estimate of drug-likeness (QED) is 0.475. The number of rotatable bonds is 3. The fourth-order valence-electron chi connectivity index (χ4n) is 1.88. The van der Waals surface area contributed by atoms with Crippen molar-refractivity contribution >= 4 is 0 Å². The van der Waals surface area contributed by atoms with Crippen molar-refractivity contribution in [1.82, 2.24) is 4.90 Å². The second-order valence-electron chi connectivity index (χ2n) is 4.08. The minimum atomic E-state index is 0.553. The highest BCUT2D eigenvalue weighted by molar-refractivity contribution is 4.85. The standard InChI is InChI=1S/C10H18N2/c1-9(2)7-12(8-11)10-5-3-4-6-10/h9-10H,3-7H2,1-2H3. The van der Waals surface area contributed by atoms with Crippen molar-refractivity contribution in [2.45, 2.75) is 45.6 Å². The van der Waals surface area contributed by atoms with E-state index >= 15 is 0 Å². The normalized spacial score (nSPS) is 18.2. The van der Waals surface area contributed by atoms with Crippen LogP contribution in [0.25, 0.3) is 0 Å². The molecule has 1 saturated carbocycles. The van der Waals surface area contributed by atoms with Gasteiger partial charge < -0.3 is 4.90 Å². The summed E-state index contributed by atoms with van der Waals surface area (Å²) in [7, 11) is 0. The summed E-state index contributed by atoms with van der Waals surface area (Å²) in [6.45, 7) is 5.26. The molecule has 0 aromatic rings. The molecule has 1 fully saturated rings. The van der Waals surface area contributed by atoms with Gasteiger partial charge >= 0.3 is 0 Å². The molecule has 0 N–H and O–H groups in total. The van der Waals surface area contributed by atoms with Crippen LogP contribution in [0.15, 0.2) is 0 Å². The zero-order valence-corrected chi connectivity index (χ0v) is 8.08. The summed E-state index contributed by atoms with van der Waals surface area (Å²) in [6.07, 6.45) is 7.37. The summed E-state index contributed by atoms with van der Waals surface area (Å²) in [5, 5.41) is 8.91. The summed E-state index contributed by atoms with van der Waals surface area (Å²) < 4.78 is 0. The first-order valence-corrected chi connectivity index (χ1v) is 4.90. The van der Waals surface area contributed by atoms with E-state index in [1.54, 1.807) is 0 Å². The van der Waals surface area contributed by atoms with E-state index < -0.39 is 0 Å². The van der Waals surface area contributed by atoms with Gasteiger partial charge in [-0.3, -0.25) is 0 Å². The molecule has 0 aliphatic heterocycles. The first-order valence-electron chi connectivity index (χ1n) is 4.90. The van der Waals surface area contributed by atoms with E-state index in [0.29, 0.717) is 12.0 Å². The number of hydrogen-bond donors (Lipinski definition) is 0. The van der Waals surface area contributed by atoms with E-state index in [-0.39, 0.29) is 0 Å². The molecular formula is C10H18N2. The Bertz CT molecular complexity index is 163. The Balaban J connectivity index is 2.39. The maximum atomic E-state index is 8.91. The van der Waals surface area contributed by atoms with E-state index in [9.17, 15) is 0 Å². The van der Waals surface area contributed by atoms with Crippen molar-refractivity contribution in [3.05, 3.63) is 0 Å². The lowest BCUT2D eigenvalue weighted by molar-refractivity contribution is 0.263. The molecule has 0 unspecified atom stereocenters. The molecule has 1 rings (SSSR count). The monoisotopic (exact) mass is 166 g/mol. The minimum absolute atomic E-state index is 0.553. The lowest BCUT2D eigenvalue weighted by Gasteiger charge is -2.24. The fraction of sp³-hybridized carbons (Fsp3) is 0.900. The van der Waals surface area contributed by atoms with Crippen LogP contribution in [0.3, 0.4) is 0 Å². The van der Waals surface area contributed by atoms with E-state index in [1.165, 1.54) is 25.7 Å². The Morgan fingerprint density at radius 3 is 2.42 bits per heavy atom. The average molecular weight is 166 g/mol. The van der Waals surface area contributed by atoms with Crippen molar-refractivity contribution in [3.8, 4) is 6.19 Å². The summed E-state index contributed by atoms with van der Waals surface area (Å²) in [6, 6.07) is 0.553. The Kier molecular flexibility index (Phi) is 3.40. The van der Waals surface area contributed by atoms with Crippen LogP contribution in [-0.2, 0) is 0 Å². The molecule has 0 spiro atoms. The van der Waals surface area contributed by atoms with Crippen molar-refractivity contribution in [2.24, 2.45) is 5.92 Å². The molecule has 0 radical (unpaired) electrons. The van der Waals surface area contributed by atoms with Crippen LogP contribution in [0.1, 0.15) is 39.5 Å². The van der Waals surface area contributed by atoms with Gasteiger partial charge in [-0.25, -0.2) is 0 Å². The second kappa shape index (κ2) is 4.35. The first kappa shape index (κ1) is 9.38. The average Bonchev–Trinajstić information content (AvgIpc) is 2.51. The number of nitriles is 1. The molecule has 0 atom stereocenters. The third-order valence-corrected chi connectivity index (χ3v) is 2.46. The summed E-state index contributed by atoms with van der Waals surface area (Å²) in [4.78, 5) is 1.97. The summed E-state index contributed by atoms with van der Waals surface area (Å²) in [5.74, 6) is 0.602. The molecule has 1 aliphatic carbocycles. The molecule has 12 heavy (non-hydrogen) atoms. The topological polar surface area (TPSA) is 27.0 Å². The zero-order chi connectivity index (χ0) is 8.97. The summed E-state index contributed by atoms with van der Waals surface area (Å²) in [5.41, 5.74) is 0.